The fraction of sp³-hybridized carbons (Fsp3) is 0.235. The third kappa shape index (κ3) is 3.78. The van der Waals surface area contributed by atoms with Crippen LogP contribution in [0.25, 0.3) is 5.65 Å². The molecule has 1 atom stereocenters. The zero-order valence-electron chi connectivity index (χ0n) is 14.9. The van der Waals surface area contributed by atoms with Crippen molar-refractivity contribution in [3.05, 3.63) is 42.0 Å². The third-order valence-corrected chi connectivity index (χ3v) is 3.85. The number of carbonyl (C=O) groups is 1. The summed E-state index contributed by atoms with van der Waals surface area (Å²) in [5.41, 5.74) is 2.33. The van der Waals surface area contributed by atoms with Gasteiger partial charge < -0.3 is 20.1 Å². The zero-order valence-corrected chi connectivity index (χ0v) is 14.9. The van der Waals surface area contributed by atoms with E-state index in [-0.39, 0.29) is 6.10 Å². The lowest BCUT2D eigenvalue weighted by molar-refractivity contribution is 0.120. The molecule has 3 rings (SSSR count). The fourth-order valence-electron chi connectivity index (χ4n) is 2.50. The Labute approximate surface area is 154 Å². The summed E-state index contributed by atoms with van der Waals surface area (Å²) in [6.45, 7) is 1.83. The first kappa shape index (κ1) is 18.1. The Morgan fingerprint density at radius 3 is 2.81 bits per heavy atom. The highest BCUT2D eigenvalue weighted by Crippen LogP contribution is 2.29. The van der Waals surface area contributed by atoms with E-state index in [9.17, 15) is 4.79 Å². The molecule has 2 N–H and O–H groups in total. The van der Waals surface area contributed by atoms with Crippen LogP contribution in [-0.4, -0.2) is 39.8 Å². The van der Waals surface area contributed by atoms with E-state index >= 15 is 0 Å². The number of nitrogens with zero attached hydrogens (tertiary/aromatic N) is 5. The van der Waals surface area contributed by atoms with Crippen LogP contribution >= 0.6 is 0 Å². The Morgan fingerprint density at radius 2 is 2.11 bits per heavy atom. The van der Waals surface area contributed by atoms with Crippen molar-refractivity contribution in [1.29, 1.82) is 5.26 Å². The molecule has 0 fully saturated rings. The zero-order chi connectivity index (χ0) is 19.4. The molecule has 10 heteroatoms. The number of anilines is 2. The number of methoxy groups -OCH3 is 2. The highest BCUT2D eigenvalue weighted by molar-refractivity contribution is 6.00. The summed E-state index contributed by atoms with van der Waals surface area (Å²) in [7, 11) is 3.07. The van der Waals surface area contributed by atoms with Gasteiger partial charge >= 0.3 is 6.03 Å². The first-order chi connectivity index (χ1) is 13.0. The van der Waals surface area contributed by atoms with Crippen molar-refractivity contribution in [1.82, 2.24) is 19.6 Å². The maximum atomic E-state index is 12.4. The number of nitrogens with one attached hydrogen (secondary N) is 2. The number of pyridine rings is 1. The number of nitriles is 1. The van der Waals surface area contributed by atoms with Crippen LogP contribution in [-0.2, 0) is 4.74 Å². The van der Waals surface area contributed by atoms with E-state index in [1.165, 1.54) is 31.8 Å². The van der Waals surface area contributed by atoms with Gasteiger partial charge in [0.05, 0.1) is 54.3 Å². The van der Waals surface area contributed by atoms with Crippen molar-refractivity contribution in [3.63, 3.8) is 0 Å². The van der Waals surface area contributed by atoms with Gasteiger partial charge in [0.15, 0.2) is 5.65 Å². The van der Waals surface area contributed by atoms with E-state index in [1.54, 1.807) is 17.8 Å². The lowest BCUT2D eigenvalue weighted by Crippen LogP contribution is -2.21. The summed E-state index contributed by atoms with van der Waals surface area (Å²) in [6, 6.07) is 2.97. The first-order valence-electron chi connectivity index (χ1n) is 7.94. The van der Waals surface area contributed by atoms with Crippen LogP contribution in [0.1, 0.15) is 24.2 Å². The Kier molecular flexibility index (Phi) is 5.14. The normalized spacial score (nSPS) is 11.6. The van der Waals surface area contributed by atoms with Crippen molar-refractivity contribution in [2.75, 3.05) is 24.9 Å². The number of amides is 2. The molecule has 3 aromatic rings. The van der Waals surface area contributed by atoms with Crippen LogP contribution in [0.5, 0.6) is 5.88 Å². The van der Waals surface area contributed by atoms with Crippen molar-refractivity contribution in [2.24, 2.45) is 0 Å². The Bertz CT molecular complexity index is 1030. The molecule has 0 bridgehead atoms. The van der Waals surface area contributed by atoms with Gasteiger partial charge in [-0.1, -0.05) is 0 Å². The van der Waals surface area contributed by atoms with E-state index < -0.39 is 6.03 Å². The van der Waals surface area contributed by atoms with Crippen LogP contribution in [0.3, 0.4) is 0 Å². The van der Waals surface area contributed by atoms with Gasteiger partial charge in [0.1, 0.15) is 6.07 Å². The number of hydrogen-bond donors (Lipinski definition) is 2. The minimum atomic E-state index is -0.513. The second-order valence-electron chi connectivity index (χ2n) is 5.55. The molecule has 0 saturated heterocycles. The summed E-state index contributed by atoms with van der Waals surface area (Å²) in [5, 5.41) is 18.5. The standard InChI is InChI=1S/C17H17N7O3/c1-10(26-2)15-13(8-20-24-9-14(27-3)23-16(15)24)22-17(25)21-12-4-11(5-18)6-19-7-12/h4,6-10H,1-3H3,(H2,21,22,25). The molecule has 0 aliphatic rings. The quantitative estimate of drug-likeness (QED) is 0.708. The predicted octanol–water partition coefficient (Wildman–Crippen LogP) is 2.36. The molecule has 10 nitrogen and oxygen atoms in total. The summed E-state index contributed by atoms with van der Waals surface area (Å²) in [4.78, 5) is 20.6. The molecule has 3 aromatic heterocycles. The molecule has 0 saturated carbocycles. The Balaban J connectivity index is 1.91. The SMILES string of the molecule is COc1cn2ncc(NC(=O)Nc3cncc(C#N)c3)c(C(C)OC)c2n1. The maximum Gasteiger partial charge on any atom is 0.323 e. The summed E-state index contributed by atoms with van der Waals surface area (Å²) in [6.07, 6.45) is 5.62. The first-order valence-corrected chi connectivity index (χ1v) is 7.94. The van der Waals surface area contributed by atoms with Crippen molar-refractivity contribution >= 4 is 23.1 Å². The summed E-state index contributed by atoms with van der Waals surface area (Å²) < 4.78 is 12.1. The van der Waals surface area contributed by atoms with Gasteiger partial charge in [-0.05, 0) is 13.0 Å². The number of aromatic nitrogens is 4. The molecule has 0 aliphatic heterocycles. The molecular formula is C17H17N7O3. The lowest BCUT2D eigenvalue weighted by Gasteiger charge is -2.16. The highest BCUT2D eigenvalue weighted by Gasteiger charge is 2.20. The summed E-state index contributed by atoms with van der Waals surface area (Å²) >= 11 is 0. The fourth-order valence-corrected chi connectivity index (χ4v) is 2.50. The lowest BCUT2D eigenvalue weighted by atomic mass is 10.1. The molecule has 2 amide bonds. The van der Waals surface area contributed by atoms with Crippen LogP contribution in [0, 0.1) is 11.3 Å². The van der Waals surface area contributed by atoms with E-state index in [0.29, 0.717) is 34.0 Å². The van der Waals surface area contributed by atoms with Gasteiger partial charge in [-0.15, -0.1) is 0 Å². The minimum absolute atomic E-state index is 0.342. The number of fused-ring (bicyclic) bond motifs is 1. The minimum Gasteiger partial charge on any atom is -0.480 e. The largest absolute Gasteiger partial charge is 0.480 e. The molecule has 0 aromatic carbocycles. The van der Waals surface area contributed by atoms with E-state index in [4.69, 9.17) is 14.7 Å². The number of urea groups is 1. The number of carbonyl (C=O) groups excluding carboxylic acids is 1. The molecule has 3 heterocycles. The van der Waals surface area contributed by atoms with E-state index in [1.807, 2.05) is 13.0 Å². The van der Waals surface area contributed by atoms with Crippen molar-refractivity contribution in [3.8, 4) is 11.9 Å². The van der Waals surface area contributed by atoms with Crippen molar-refractivity contribution in [2.45, 2.75) is 13.0 Å². The molecule has 138 valence electrons. The van der Waals surface area contributed by atoms with Gasteiger partial charge in [0.2, 0.25) is 5.88 Å². The molecule has 1 unspecified atom stereocenters. The average Bonchev–Trinajstić information content (AvgIpc) is 3.10. The monoisotopic (exact) mass is 367 g/mol. The second kappa shape index (κ2) is 7.67. The molecule has 0 aliphatic carbocycles. The Morgan fingerprint density at radius 1 is 1.30 bits per heavy atom. The number of hydrogen-bond acceptors (Lipinski definition) is 7. The number of rotatable bonds is 5. The van der Waals surface area contributed by atoms with Gasteiger partial charge in [0.25, 0.3) is 0 Å². The maximum absolute atomic E-state index is 12.4. The van der Waals surface area contributed by atoms with Crippen LogP contribution in [0.2, 0.25) is 0 Å². The average molecular weight is 367 g/mol. The topological polar surface area (TPSA) is 126 Å². The third-order valence-electron chi connectivity index (χ3n) is 3.85. The van der Waals surface area contributed by atoms with Crippen molar-refractivity contribution < 1.29 is 14.3 Å². The van der Waals surface area contributed by atoms with Gasteiger partial charge in [-0.3, -0.25) is 4.98 Å². The molecule has 0 spiro atoms. The van der Waals surface area contributed by atoms with Crippen LogP contribution in [0.15, 0.2) is 30.9 Å². The van der Waals surface area contributed by atoms with Gasteiger partial charge in [-0.25, -0.2) is 9.31 Å². The van der Waals surface area contributed by atoms with Crippen LogP contribution < -0.4 is 15.4 Å². The smallest absolute Gasteiger partial charge is 0.323 e. The number of ether oxygens (including phenoxy) is 2. The molecule has 27 heavy (non-hydrogen) atoms. The molecular weight excluding hydrogens is 350 g/mol. The summed E-state index contributed by atoms with van der Waals surface area (Å²) in [5.74, 6) is 0.396. The number of imidazole rings is 1. The van der Waals surface area contributed by atoms with Gasteiger partial charge in [0, 0.05) is 13.3 Å². The second-order valence-corrected chi connectivity index (χ2v) is 5.55. The van der Waals surface area contributed by atoms with Crippen LogP contribution in [0.4, 0.5) is 16.2 Å². The predicted molar refractivity (Wildman–Crippen MR) is 96.6 cm³/mol. The Hall–Kier alpha value is -3.71. The van der Waals surface area contributed by atoms with E-state index in [0.717, 1.165) is 0 Å². The van der Waals surface area contributed by atoms with Gasteiger partial charge in [-0.2, -0.15) is 15.3 Å². The molecule has 0 radical (unpaired) electrons. The van der Waals surface area contributed by atoms with E-state index in [2.05, 4.69) is 25.7 Å². The highest BCUT2D eigenvalue weighted by atomic mass is 16.5.